The van der Waals surface area contributed by atoms with Crippen LogP contribution in [0.1, 0.15) is 23.3 Å². The van der Waals surface area contributed by atoms with Crippen LogP contribution >= 0.6 is 11.3 Å². The van der Waals surface area contributed by atoms with Crippen molar-refractivity contribution in [1.82, 2.24) is 4.90 Å². The Hall–Kier alpha value is -2.54. The highest BCUT2D eigenvalue weighted by atomic mass is 32.1. The molecular weight excluding hydrogens is 348 g/mol. The molecule has 7 heteroatoms. The Labute approximate surface area is 157 Å². The molecule has 1 amide bonds. The molecule has 26 heavy (non-hydrogen) atoms. The van der Waals surface area contributed by atoms with Crippen LogP contribution in [0.3, 0.4) is 0 Å². The summed E-state index contributed by atoms with van der Waals surface area (Å²) < 4.78 is 0. The molecule has 0 saturated carbocycles. The zero-order chi connectivity index (χ0) is 18.5. The minimum atomic E-state index is -0.882. The molecule has 0 spiro atoms. The molecule has 0 fully saturated rings. The second-order valence-electron chi connectivity index (χ2n) is 6.47. The number of benzene rings is 1. The van der Waals surface area contributed by atoms with Gasteiger partial charge in [0.2, 0.25) is 0 Å². The average molecular weight is 372 g/mol. The number of anilines is 2. The monoisotopic (exact) mass is 372 g/mol. The Kier molecular flexibility index (Phi) is 5.78. The van der Waals surface area contributed by atoms with Crippen LogP contribution in [0.2, 0.25) is 0 Å². The third-order valence-electron chi connectivity index (χ3n) is 4.58. The predicted octanol–water partition coefficient (Wildman–Crippen LogP) is 3.94. The van der Waals surface area contributed by atoms with Crippen molar-refractivity contribution >= 4 is 34.6 Å². The van der Waals surface area contributed by atoms with E-state index in [1.807, 2.05) is 23.6 Å². The minimum absolute atomic E-state index is 0.421. The van der Waals surface area contributed by atoms with Crippen molar-refractivity contribution in [2.75, 3.05) is 36.9 Å². The summed E-state index contributed by atoms with van der Waals surface area (Å²) >= 11 is 1.55. The quantitative estimate of drug-likeness (QED) is 0.530. The molecule has 0 radical (unpaired) electrons. The van der Waals surface area contributed by atoms with Gasteiger partial charge in [0.25, 0.3) is 0 Å². The highest BCUT2D eigenvalue weighted by molar-refractivity contribution is 7.12. The maximum atomic E-state index is 10.9. The van der Waals surface area contributed by atoms with Gasteiger partial charge >= 0.3 is 6.09 Å². The topological polar surface area (TPSA) is 79.7 Å². The van der Waals surface area contributed by atoms with Crippen LogP contribution in [0.25, 0.3) is 0 Å². The van der Waals surface area contributed by atoms with Crippen LogP contribution < -0.4 is 10.2 Å². The summed E-state index contributed by atoms with van der Waals surface area (Å²) in [5, 5.41) is 22.3. The van der Waals surface area contributed by atoms with Crippen molar-refractivity contribution in [3.05, 3.63) is 46.2 Å². The number of carboxylic acid groups (broad SMARTS) is 1. The fourth-order valence-corrected chi connectivity index (χ4v) is 3.84. The maximum Gasteiger partial charge on any atom is 0.407 e. The molecule has 6 nitrogen and oxygen atoms in total. The van der Waals surface area contributed by atoms with E-state index in [2.05, 4.69) is 22.3 Å². The van der Waals surface area contributed by atoms with E-state index in [0.29, 0.717) is 12.4 Å². The summed E-state index contributed by atoms with van der Waals surface area (Å²) in [6.07, 6.45) is 2.05. The molecule has 0 bridgehead atoms. The van der Waals surface area contributed by atoms with Crippen molar-refractivity contribution < 1.29 is 9.90 Å². The van der Waals surface area contributed by atoms with Gasteiger partial charge in [-0.25, -0.2) is 4.79 Å². The third-order valence-corrected chi connectivity index (χ3v) is 5.47. The van der Waals surface area contributed by atoms with E-state index in [1.165, 1.54) is 16.2 Å². The van der Waals surface area contributed by atoms with Crippen LogP contribution in [0, 0.1) is 5.41 Å². The number of amides is 1. The summed E-state index contributed by atoms with van der Waals surface area (Å²) in [6, 6.07) is 10.1. The van der Waals surface area contributed by atoms with Gasteiger partial charge in [-0.15, -0.1) is 11.3 Å². The van der Waals surface area contributed by atoms with E-state index in [1.54, 1.807) is 18.4 Å². The van der Waals surface area contributed by atoms with Crippen LogP contribution in [0.4, 0.5) is 16.2 Å². The van der Waals surface area contributed by atoms with Crippen molar-refractivity contribution in [3.8, 4) is 0 Å². The fourth-order valence-electron chi connectivity index (χ4n) is 3.21. The normalized spacial score (nSPS) is 13.2. The standard InChI is InChI=1S/C19H24N4O2S/c1-22(19(24)25)9-4-11-23-10-2-5-14-13-15(7-8-16(14)23)21-18(20)17-6-3-12-26-17/h3,6-8,12-13H,2,4-5,9-11H2,1H3,(H2,20,21)(H,24,25). The number of nitrogens with zero attached hydrogens (tertiary/aromatic N) is 2. The van der Waals surface area contributed by atoms with Crippen LogP contribution in [0.15, 0.2) is 35.7 Å². The number of aryl methyl sites for hydroxylation is 1. The number of fused-ring (bicyclic) bond motifs is 1. The number of amidine groups is 1. The Morgan fingerprint density at radius 1 is 1.42 bits per heavy atom. The first-order valence-electron chi connectivity index (χ1n) is 8.76. The third kappa shape index (κ3) is 4.35. The summed E-state index contributed by atoms with van der Waals surface area (Å²) in [7, 11) is 1.60. The molecule has 138 valence electrons. The van der Waals surface area contributed by atoms with Crippen LogP contribution in [-0.2, 0) is 6.42 Å². The second-order valence-corrected chi connectivity index (χ2v) is 7.42. The lowest BCUT2D eigenvalue weighted by molar-refractivity contribution is 0.155. The molecule has 1 aromatic carbocycles. The van der Waals surface area contributed by atoms with Gasteiger partial charge in [-0.05, 0) is 54.5 Å². The second kappa shape index (κ2) is 8.23. The number of nitrogens with one attached hydrogen (secondary N) is 2. The number of rotatable bonds is 6. The molecule has 2 heterocycles. The highest BCUT2D eigenvalue weighted by Crippen LogP contribution is 2.30. The molecule has 1 aliphatic rings. The van der Waals surface area contributed by atoms with Gasteiger partial charge in [0, 0.05) is 38.1 Å². The summed E-state index contributed by atoms with van der Waals surface area (Å²) in [4.78, 5) is 15.5. The molecule has 3 rings (SSSR count). The zero-order valence-corrected chi connectivity index (χ0v) is 15.7. The Morgan fingerprint density at radius 2 is 2.27 bits per heavy atom. The van der Waals surface area contributed by atoms with Crippen molar-refractivity contribution in [3.63, 3.8) is 0 Å². The van der Waals surface area contributed by atoms with Gasteiger partial charge in [-0.3, -0.25) is 5.41 Å². The number of hydrogen-bond acceptors (Lipinski definition) is 4. The largest absolute Gasteiger partial charge is 0.465 e. The van der Waals surface area contributed by atoms with E-state index >= 15 is 0 Å². The Morgan fingerprint density at radius 3 is 3.00 bits per heavy atom. The average Bonchev–Trinajstić information content (AvgIpc) is 3.16. The molecule has 0 aliphatic carbocycles. The fraction of sp³-hybridized carbons (Fsp3) is 0.368. The Balaban J connectivity index is 1.63. The van der Waals surface area contributed by atoms with Gasteiger partial charge in [-0.1, -0.05) is 6.07 Å². The summed E-state index contributed by atoms with van der Waals surface area (Å²) in [5.74, 6) is 0.421. The van der Waals surface area contributed by atoms with Gasteiger partial charge in [-0.2, -0.15) is 0 Å². The van der Waals surface area contributed by atoms with Crippen LogP contribution in [-0.4, -0.2) is 48.6 Å². The van der Waals surface area contributed by atoms with Crippen molar-refractivity contribution in [2.24, 2.45) is 0 Å². The summed E-state index contributed by atoms with van der Waals surface area (Å²) in [5.41, 5.74) is 3.45. The molecular formula is C19H24N4O2S. The lowest BCUT2D eigenvalue weighted by atomic mass is 10.0. The molecule has 1 aromatic heterocycles. The molecule has 3 N–H and O–H groups in total. The number of carbonyl (C=O) groups is 1. The smallest absolute Gasteiger partial charge is 0.407 e. The van der Waals surface area contributed by atoms with E-state index in [-0.39, 0.29) is 0 Å². The van der Waals surface area contributed by atoms with E-state index < -0.39 is 6.09 Å². The number of thiophene rings is 1. The first-order chi connectivity index (χ1) is 12.5. The first-order valence-corrected chi connectivity index (χ1v) is 9.64. The summed E-state index contributed by atoms with van der Waals surface area (Å²) in [6.45, 7) is 2.39. The van der Waals surface area contributed by atoms with Crippen molar-refractivity contribution in [1.29, 1.82) is 5.41 Å². The first kappa shape index (κ1) is 18.3. The molecule has 1 aliphatic heterocycles. The van der Waals surface area contributed by atoms with Crippen molar-refractivity contribution in [2.45, 2.75) is 19.3 Å². The van der Waals surface area contributed by atoms with Crippen LogP contribution in [0.5, 0.6) is 0 Å². The highest BCUT2D eigenvalue weighted by Gasteiger charge is 2.17. The van der Waals surface area contributed by atoms with Gasteiger partial charge < -0.3 is 20.2 Å². The van der Waals surface area contributed by atoms with E-state index in [4.69, 9.17) is 10.5 Å². The minimum Gasteiger partial charge on any atom is -0.465 e. The van der Waals surface area contributed by atoms with Gasteiger partial charge in [0.1, 0.15) is 5.84 Å². The maximum absolute atomic E-state index is 10.9. The lowest BCUT2D eigenvalue weighted by Gasteiger charge is -2.32. The molecule has 0 saturated heterocycles. The SMILES string of the molecule is CN(CCCN1CCCc2cc(NC(=N)c3cccs3)ccc21)C(=O)O. The van der Waals surface area contributed by atoms with Gasteiger partial charge in [0.15, 0.2) is 0 Å². The lowest BCUT2D eigenvalue weighted by Crippen LogP contribution is -2.33. The van der Waals surface area contributed by atoms with Gasteiger partial charge in [0.05, 0.1) is 4.88 Å². The van der Waals surface area contributed by atoms with E-state index in [9.17, 15) is 4.79 Å². The Bertz CT molecular complexity index is 776. The zero-order valence-electron chi connectivity index (χ0n) is 14.9. The molecule has 0 atom stereocenters. The molecule has 2 aromatic rings. The predicted molar refractivity (Wildman–Crippen MR) is 107 cm³/mol. The number of hydrogen-bond donors (Lipinski definition) is 3. The molecule has 0 unspecified atom stereocenters. The van der Waals surface area contributed by atoms with E-state index in [0.717, 1.165) is 42.9 Å².